The lowest BCUT2D eigenvalue weighted by Gasteiger charge is -2.26. The van der Waals surface area contributed by atoms with E-state index < -0.39 is 0 Å². The Morgan fingerprint density at radius 1 is 1.23 bits per heavy atom. The van der Waals surface area contributed by atoms with Crippen LogP contribution in [0.5, 0.6) is 11.5 Å². The van der Waals surface area contributed by atoms with Crippen molar-refractivity contribution in [3.05, 3.63) is 65.9 Å². The normalized spacial score (nSPS) is 15.8. The maximum Gasteiger partial charge on any atom is 0.223 e. The highest BCUT2D eigenvalue weighted by Gasteiger charge is 2.32. The fourth-order valence-corrected chi connectivity index (χ4v) is 4.05. The molecule has 7 heteroatoms. The number of oxazole rings is 1. The van der Waals surface area contributed by atoms with Crippen molar-refractivity contribution in [1.29, 1.82) is 0 Å². The van der Waals surface area contributed by atoms with Crippen LogP contribution in [-0.4, -0.2) is 36.6 Å². The van der Waals surface area contributed by atoms with E-state index in [1.54, 1.807) is 32.4 Å². The van der Waals surface area contributed by atoms with Gasteiger partial charge in [0.1, 0.15) is 17.3 Å². The summed E-state index contributed by atoms with van der Waals surface area (Å²) in [5, 5.41) is 0. The first-order valence-corrected chi connectivity index (χ1v) is 10.3. The molecule has 0 aliphatic carbocycles. The molecule has 0 N–H and O–H groups in total. The van der Waals surface area contributed by atoms with E-state index in [2.05, 4.69) is 4.98 Å². The van der Waals surface area contributed by atoms with Gasteiger partial charge < -0.3 is 18.8 Å². The van der Waals surface area contributed by atoms with Crippen LogP contribution in [0.3, 0.4) is 0 Å². The molecule has 1 aliphatic rings. The van der Waals surface area contributed by atoms with Gasteiger partial charge in [-0.05, 0) is 37.1 Å². The van der Waals surface area contributed by atoms with Crippen molar-refractivity contribution in [2.45, 2.75) is 31.7 Å². The van der Waals surface area contributed by atoms with Crippen LogP contribution in [0.4, 0.5) is 4.39 Å². The Morgan fingerprint density at radius 2 is 2.06 bits per heavy atom. The number of nitrogens with zero attached hydrogens (tertiary/aromatic N) is 2. The van der Waals surface area contributed by atoms with Crippen LogP contribution < -0.4 is 9.47 Å². The summed E-state index contributed by atoms with van der Waals surface area (Å²) in [4.78, 5) is 19.1. The van der Waals surface area contributed by atoms with E-state index in [1.807, 2.05) is 23.1 Å². The topological polar surface area (TPSA) is 64.8 Å². The predicted octanol–water partition coefficient (Wildman–Crippen LogP) is 4.79. The molecular formula is C24H25FN2O4. The number of benzene rings is 2. The predicted molar refractivity (Wildman–Crippen MR) is 113 cm³/mol. The minimum Gasteiger partial charge on any atom is -0.497 e. The molecule has 1 fully saturated rings. The quantitative estimate of drug-likeness (QED) is 0.545. The molecule has 1 atom stereocenters. The fourth-order valence-electron chi connectivity index (χ4n) is 4.05. The first-order valence-electron chi connectivity index (χ1n) is 10.3. The van der Waals surface area contributed by atoms with Gasteiger partial charge in [-0.15, -0.1) is 0 Å². The minimum absolute atomic E-state index is 0.0333. The van der Waals surface area contributed by atoms with Gasteiger partial charge in [0.25, 0.3) is 0 Å². The molecule has 0 radical (unpaired) electrons. The lowest BCUT2D eigenvalue weighted by atomic mass is 10.0. The van der Waals surface area contributed by atoms with Gasteiger partial charge in [0.05, 0.1) is 32.0 Å². The lowest BCUT2D eigenvalue weighted by Crippen LogP contribution is -2.31. The number of aryl methyl sites for hydroxylation is 1. The van der Waals surface area contributed by atoms with E-state index >= 15 is 0 Å². The third-order valence-electron chi connectivity index (χ3n) is 5.62. The van der Waals surface area contributed by atoms with Gasteiger partial charge in [-0.1, -0.05) is 12.1 Å². The number of hydrogen-bond donors (Lipinski definition) is 0. The zero-order valence-electron chi connectivity index (χ0n) is 17.6. The zero-order chi connectivity index (χ0) is 21.8. The number of amides is 1. The number of methoxy groups -OCH3 is 2. The van der Waals surface area contributed by atoms with Crippen LogP contribution in [0.2, 0.25) is 0 Å². The van der Waals surface area contributed by atoms with Crippen LogP contribution in [0.15, 0.2) is 53.1 Å². The molecule has 1 aromatic heterocycles. The molecule has 162 valence electrons. The molecule has 2 aromatic carbocycles. The summed E-state index contributed by atoms with van der Waals surface area (Å²) in [6.45, 7) is 0.699. The molecule has 4 rings (SSSR count). The second-order valence-corrected chi connectivity index (χ2v) is 7.45. The average molecular weight is 424 g/mol. The molecule has 1 unspecified atom stereocenters. The molecule has 2 heterocycles. The van der Waals surface area contributed by atoms with Crippen molar-refractivity contribution in [1.82, 2.24) is 9.88 Å². The number of hydrogen-bond acceptors (Lipinski definition) is 5. The Labute approximate surface area is 180 Å². The fraction of sp³-hybridized carbons (Fsp3) is 0.333. The van der Waals surface area contributed by atoms with Gasteiger partial charge in [0.15, 0.2) is 11.7 Å². The summed E-state index contributed by atoms with van der Waals surface area (Å²) >= 11 is 0. The van der Waals surface area contributed by atoms with Crippen molar-refractivity contribution in [3.63, 3.8) is 0 Å². The lowest BCUT2D eigenvalue weighted by molar-refractivity contribution is -0.132. The summed E-state index contributed by atoms with van der Waals surface area (Å²) in [6.07, 6.45) is 3.94. The van der Waals surface area contributed by atoms with Crippen LogP contribution in [-0.2, 0) is 11.2 Å². The maximum absolute atomic E-state index is 14.0. The van der Waals surface area contributed by atoms with Gasteiger partial charge in [-0.3, -0.25) is 4.79 Å². The SMILES string of the molecule is COc1ccc(C2CCCN2C(=O)CCc2ncc(-c3ccccc3F)o2)c(OC)c1. The summed E-state index contributed by atoms with van der Waals surface area (Å²) in [5.41, 5.74) is 1.34. The molecule has 0 saturated carbocycles. The number of carbonyl (C=O) groups is 1. The van der Waals surface area contributed by atoms with E-state index in [9.17, 15) is 9.18 Å². The van der Waals surface area contributed by atoms with Crippen LogP contribution >= 0.6 is 0 Å². The number of carbonyl (C=O) groups excluding carboxylic acids is 1. The Hall–Kier alpha value is -3.35. The second-order valence-electron chi connectivity index (χ2n) is 7.45. The number of aromatic nitrogens is 1. The third-order valence-corrected chi connectivity index (χ3v) is 5.62. The van der Waals surface area contributed by atoms with Crippen molar-refractivity contribution in [3.8, 4) is 22.8 Å². The Morgan fingerprint density at radius 3 is 2.84 bits per heavy atom. The minimum atomic E-state index is -0.366. The molecule has 1 amide bonds. The largest absolute Gasteiger partial charge is 0.497 e. The van der Waals surface area contributed by atoms with Crippen molar-refractivity contribution in [2.24, 2.45) is 0 Å². The van der Waals surface area contributed by atoms with Gasteiger partial charge in [-0.25, -0.2) is 9.37 Å². The smallest absolute Gasteiger partial charge is 0.223 e. The van der Waals surface area contributed by atoms with Crippen molar-refractivity contribution >= 4 is 5.91 Å². The van der Waals surface area contributed by atoms with E-state index in [1.165, 1.54) is 12.3 Å². The summed E-state index contributed by atoms with van der Waals surface area (Å²) < 4.78 is 30.4. The molecule has 1 aliphatic heterocycles. The van der Waals surface area contributed by atoms with E-state index in [4.69, 9.17) is 13.9 Å². The van der Waals surface area contributed by atoms with Crippen molar-refractivity contribution < 1.29 is 23.1 Å². The van der Waals surface area contributed by atoms with Gasteiger partial charge in [0.2, 0.25) is 5.91 Å². The zero-order valence-corrected chi connectivity index (χ0v) is 17.6. The Balaban J connectivity index is 1.44. The van der Waals surface area contributed by atoms with Gasteiger partial charge in [-0.2, -0.15) is 0 Å². The number of halogens is 1. The van der Waals surface area contributed by atoms with Gasteiger partial charge >= 0.3 is 0 Å². The number of ether oxygens (including phenoxy) is 2. The van der Waals surface area contributed by atoms with Crippen LogP contribution in [0, 0.1) is 5.82 Å². The Bertz CT molecular complexity index is 1070. The molecule has 6 nitrogen and oxygen atoms in total. The summed E-state index contributed by atoms with van der Waals surface area (Å²) in [6, 6.07) is 12.0. The summed E-state index contributed by atoms with van der Waals surface area (Å²) in [7, 11) is 3.23. The van der Waals surface area contributed by atoms with Gasteiger partial charge in [0, 0.05) is 31.0 Å². The van der Waals surface area contributed by atoms with E-state index in [-0.39, 0.29) is 24.2 Å². The van der Waals surface area contributed by atoms with E-state index in [0.717, 1.165) is 18.4 Å². The molecule has 0 bridgehead atoms. The van der Waals surface area contributed by atoms with Crippen molar-refractivity contribution in [2.75, 3.05) is 20.8 Å². The molecule has 31 heavy (non-hydrogen) atoms. The first kappa shape index (κ1) is 20.9. The standard InChI is InChI=1S/C24H25FN2O4/c1-29-16-9-10-18(21(14-16)30-2)20-8-5-13-27(20)24(28)12-11-23-26-15-22(31-23)17-6-3-4-7-19(17)25/h3-4,6-7,9-10,14-15,20H,5,8,11-13H2,1-2H3. The first-order chi connectivity index (χ1) is 15.1. The van der Waals surface area contributed by atoms with Crippen LogP contribution in [0.25, 0.3) is 11.3 Å². The molecule has 1 saturated heterocycles. The highest BCUT2D eigenvalue weighted by atomic mass is 19.1. The number of rotatable bonds is 7. The highest BCUT2D eigenvalue weighted by molar-refractivity contribution is 5.77. The Kier molecular flexibility index (Phi) is 6.21. The number of likely N-dealkylation sites (tertiary alicyclic amines) is 1. The third kappa shape index (κ3) is 4.40. The highest BCUT2D eigenvalue weighted by Crippen LogP contribution is 2.39. The second kappa shape index (κ2) is 9.20. The molecule has 0 spiro atoms. The maximum atomic E-state index is 14.0. The average Bonchev–Trinajstić information content (AvgIpc) is 3.47. The molecule has 3 aromatic rings. The van der Waals surface area contributed by atoms with Crippen LogP contribution in [0.1, 0.15) is 36.8 Å². The molecular weight excluding hydrogens is 399 g/mol. The monoisotopic (exact) mass is 424 g/mol. The van der Waals surface area contributed by atoms with E-state index in [0.29, 0.717) is 41.7 Å². The summed E-state index contributed by atoms with van der Waals surface area (Å²) in [5.74, 6) is 1.88.